The Morgan fingerprint density at radius 1 is 1.35 bits per heavy atom. The Balaban J connectivity index is 2.31. The summed E-state index contributed by atoms with van der Waals surface area (Å²) in [7, 11) is 0. The summed E-state index contributed by atoms with van der Waals surface area (Å²) in [5.41, 5.74) is 3.15. The van der Waals surface area contributed by atoms with E-state index in [1.54, 1.807) is 29.0 Å². The van der Waals surface area contributed by atoms with E-state index in [0.717, 1.165) is 5.69 Å². The van der Waals surface area contributed by atoms with Gasteiger partial charge in [0.2, 0.25) is 0 Å². The summed E-state index contributed by atoms with van der Waals surface area (Å²) in [5, 5.41) is 0. The predicted octanol–water partition coefficient (Wildman–Crippen LogP) is 1.34. The standard InChI is InChI=1S/C11H11BrN4O/c12-9-4-2-6-16(11(9)17)7-8-3-1-5-10(14-8)15-13/h1-6H,7,13H2,(H,14,15). The molecule has 0 atom stereocenters. The van der Waals surface area contributed by atoms with Crippen LogP contribution < -0.4 is 16.8 Å². The van der Waals surface area contributed by atoms with E-state index in [9.17, 15) is 4.79 Å². The van der Waals surface area contributed by atoms with Gasteiger partial charge in [0.1, 0.15) is 5.82 Å². The van der Waals surface area contributed by atoms with Crippen molar-refractivity contribution in [3.8, 4) is 0 Å². The number of nitrogens with one attached hydrogen (secondary N) is 1. The number of rotatable bonds is 3. The number of nitrogen functional groups attached to an aromatic ring is 1. The van der Waals surface area contributed by atoms with Crippen molar-refractivity contribution in [2.75, 3.05) is 5.43 Å². The van der Waals surface area contributed by atoms with Gasteiger partial charge in [-0.2, -0.15) is 0 Å². The molecule has 0 aliphatic rings. The van der Waals surface area contributed by atoms with Crippen LogP contribution in [0.3, 0.4) is 0 Å². The van der Waals surface area contributed by atoms with Gasteiger partial charge in [0.15, 0.2) is 0 Å². The quantitative estimate of drug-likeness (QED) is 0.662. The number of hydrogen-bond acceptors (Lipinski definition) is 4. The van der Waals surface area contributed by atoms with Crippen LogP contribution in [0, 0.1) is 0 Å². The second-order valence-electron chi connectivity index (χ2n) is 3.45. The van der Waals surface area contributed by atoms with Crippen molar-refractivity contribution in [3.05, 3.63) is 57.0 Å². The van der Waals surface area contributed by atoms with Crippen molar-refractivity contribution in [1.29, 1.82) is 0 Å². The van der Waals surface area contributed by atoms with Crippen LogP contribution in [0.1, 0.15) is 5.69 Å². The van der Waals surface area contributed by atoms with E-state index in [1.165, 1.54) is 0 Å². The van der Waals surface area contributed by atoms with Crippen LogP contribution in [0.25, 0.3) is 0 Å². The molecule has 0 saturated heterocycles. The average molecular weight is 295 g/mol. The first kappa shape index (κ1) is 11.8. The van der Waals surface area contributed by atoms with Gasteiger partial charge in [0.05, 0.1) is 16.7 Å². The highest BCUT2D eigenvalue weighted by Crippen LogP contribution is 2.06. The number of nitrogens with two attached hydrogens (primary N) is 1. The molecule has 2 aromatic heterocycles. The Kier molecular flexibility index (Phi) is 3.55. The van der Waals surface area contributed by atoms with Crippen LogP contribution in [-0.4, -0.2) is 9.55 Å². The fourth-order valence-electron chi connectivity index (χ4n) is 1.45. The van der Waals surface area contributed by atoms with Gasteiger partial charge >= 0.3 is 0 Å². The van der Waals surface area contributed by atoms with Gasteiger partial charge in [0.25, 0.3) is 5.56 Å². The first-order valence-corrected chi connectivity index (χ1v) is 5.77. The molecule has 0 unspecified atom stereocenters. The molecule has 0 aromatic carbocycles. The lowest BCUT2D eigenvalue weighted by molar-refractivity contribution is 0.736. The minimum atomic E-state index is -0.0830. The Hall–Kier alpha value is -1.66. The number of aromatic nitrogens is 2. The minimum Gasteiger partial charge on any atom is -0.309 e. The summed E-state index contributed by atoms with van der Waals surface area (Å²) < 4.78 is 2.11. The molecule has 88 valence electrons. The molecule has 17 heavy (non-hydrogen) atoms. The maximum absolute atomic E-state index is 11.8. The average Bonchev–Trinajstić information content (AvgIpc) is 2.35. The van der Waals surface area contributed by atoms with E-state index in [2.05, 4.69) is 26.3 Å². The molecule has 0 spiro atoms. The fraction of sp³-hybridized carbons (Fsp3) is 0.0909. The normalized spacial score (nSPS) is 10.2. The number of hydrogen-bond donors (Lipinski definition) is 2. The zero-order valence-corrected chi connectivity index (χ0v) is 10.5. The molecule has 3 N–H and O–H groups in total. The van der Waals surface area contributed by atoms with Gasteiger partial charge in [-0.3, -0.25) is 4.79 Å². The van der Waals surface area contributed by atoms with Crippen molar-refractivity contribution in [3.63, 3.8) is 0 Å². The second kappa shape index (κ2) is 5.11. The summed E-state index contributed by atoms with van der Waals surface area (Å²) in [6.07, 6.45) is 1.72. The molecule has 5 nitrogen and oxygen atoms in total. The second-order valence-corrected chi connectivity index (χ2v) is 4.30. The zero-order chi connectivity index (χ0) is 12.3. The van der Waals surface area contributed by atoms with Crippen molar-refractivity contribution in [1.82, 2.24) is 9.55 Å². The molecule has 0 bridgehead atoms. The third-order valence-electron chi connectivity index (χ3n) is 2.26. The van der Waals surface area contributed by atoms with E-state index in [1.807, 2.05) is 12.1 Å². The lowest BCUT2D eigenvalue weighted by Gasteiger charge is -2.06. The lowest BCUT2D eigenvalue weighted by atomic mass is 10.3. The molecular weight excluding hydrogens is 284 g/mol. The van der Waals surface area contributed by atoms with Crippen molar-refractivity contribution in [2.24, 2.45) is 5.84 Å². The highest BCUT2D eigenvalue weighted by atomic mass is 79.9. The fourth-order valence-corrected chi connectivity index (χ4v) is 1.84. The number of nitrogens with zero attached hydrogens (tertiary/aromatic N) is 2. The van der Waals surface area contributed by atoms with Crippen LogP contribution in [-0.2, 0) is 6.54 Å². The Morgan fingerprint density at radius 3 is 2.94 bits per heavy atom. The first-order valence-electron chi connectivity index (χ1n) is 4.98. The maximum atomic E-state index is 11.8. The third-order valence-corrected chi connectivity index (χ3v) is 2.86. The van der Waals surface area contributed by atoms with Gasteiger partial charge in [-0.15, -0.1) is 0 Å². The third kappa shape index (κ3) is 2.72. The Bertz CT molecular complexity index is 582. The predicted molar refractivity (Wildman–Crippen MR) is 69.6 cm³/mol. The maximum Gasteiger partial charge on any atom is 0.265 e. The Morgan fingerprint density at radius 2 is 2.18 bits per heavy atom. The van der Waals surface area contributed by atoms with Crippen molar-refractivity contribution in [2.45, 2.75) is 6.54 Å². The summed E-state index contributed by atoms with van der Waals surface area (Å²) in [6.45, 7) is 0.411. The van der Waals surface area contributed by atoms with Gasteiger partial charge < -0.3 is 9.99 Å². The molecule has 0 amide bonds. The van der Waals surface area contributed by atoms with E-state index >= 15 is 0 Å². The van der Waals surface area contributed by atoms with Gasteiger partial charge in [-0.1, -0.05) is 6.07 Å². The number of halogens is 1. The van der Waals surface area contributed by atoms with Crippen LogP contribution in [0.5, 0.6) is 0 Å². The topological polar surface area (TPSA) is 72.9 Å². The first-order chi connectivity index (χ1) is 8.20. The van der Waals surface area contributed by atoms with Crippen LogP contribution in [0.2, 0.25) is 0 Å². The van der Waals surface area contributed by atoms with Crippen LogP contribution >= 0.6 is 15.9 Å². The summed E-state index contributed by atoms with van der Waals surface area (Å²) in [5.74, 6) is 5.85. The molecule has 0 saturated carbocycles. The summed E-state index contributed by atoms with van der Waals surface area (Å²) in [6, 6.07) is 8.95. The molecule has 0 aliphatic carbocycles. The van der Waals surface area contributed by atoms with E-state index < -0.39 is 0 Å². The molecule has 2 aromatic rings. The zero-order valence-electron chi connectivity index (χ0n) is 8.93. The lowest BCUT2D eigenvalue weighted by Crippen LogP contribution is -2.21. The smallest absolute Gasteiger partial charge is 0.265 e. The van der Waals surface area contributed by atoms with E-state index in [4.69, 9.17) is 5.84 Å². The summed E-state index contributed by atoms with van der Waals surface area (Å²) >= 11 is 3.20. The SMILES string of the molecule is NNc1cccc(Cn2cccc(Br)c2=O)n1. The van der Waals surface area contributed by atoms with Gasteiger partial charge in [-0.05, 0) is 40.2 Å². The van der Waals surface area contributed by atoms with Crippen LogP contribution in [0.15, 0.2) is 45.8 Å². The van der Waals surface area contributed by atoms with Crippen molar-refractivity contribution >= 4 is 21.7 Å². The molecule has 2 rings (SSSR count). The molecule has 6 heteroatoms. The molecular formula is C11H11BrN4O. The van der Waals surface area contributed by atoms with E-state index in [0.29, 0.717) is 16.8 Å². The van der Waals surface area contributed by atoms with Crippen molar-refractivity contribution < 1.29 is 0 Å². The number of pyridine rings is 2. The van der Waals surface area contributed by atoms with E-state index in [-0.39, 0.29) is 5.56 Å². The Labute approximate surface area is 106 Å². The molecule has 0 radical (unpaired) electrons. The largest absolute Gasteiger partial charge is 0.309 e. The number of anilines is 1. The molecule has 0 aliphatic heterocycles. The number of hydrazine groups is 1. The minimum absolute atomic E-state index is 0.0830. The highest BCUT2D eigenvalue weighted by molar-refractivity contribution is 9.10. The monoisotopic (exact) mass is 294 g/mol. The van der Waals surface area contributed by atoms with Gasteiger partial charge in [-0.25, -0.2) is 10.8 Å². The van der Waals surface area contributed by atoms with Crippen LogP contribution in [0.4, 0.5) is 5.82 Å². The highest BCUT2D eigenvalue weighted by Gasteiger charge is 2.02. The summed E-state index contributed by atoms with van der Waals surface area (Å²) in [4.78, 5) is 16.0. The molecule has 0 fully saturated rings. The molecule has 2 heterocycles. The van der Waals surface area contributed by atoms with Gasteiger partial charge in [0, 0.05) is 6.20 Å².